The first-order chi connectivity index (χ1) is 54.1. The summed E-state index contributed by atoms with van der Waals surface area (Å²) in [5, 5.41) is 8.75. The average molecular weight is 1780 g/mol. The summed E-state index contributed by atoms with van der Waals surface area (Å²) in [6, 6.07) is 24.2. The maximum Gasteiger partial charge on any atom is 0.226 e. The Morgan fingerprint density at radius 2 is 0.795 bits per heavy atom. The number of primary sulfonamides is 1. The highest BCUT2D eigenvalue weighted by molar-refractivity contribution is 7.92. The molecule has 0 spiro atoms. The van der Waals surface area contributed by atoms with Gasteiger partial charge in [-0.05, 0) is 156 Å². The van der Waals surface area contributed by atoms with Crippen LogP contribution >= 0.6 is 0 Å². The molecular formula is C82H142N8O20S7. The van der Waals surface area contributed by atoms with E-state index in [0.717, 1.165) is 128 Å². The van der Waals surface area contributed by atoms with Gasteiger partial charge in [-0.1, -0.05) is 102 Å². The normalized spacial score (nSPS) is 13.6. The molecule has 7 aromatic heterocycles. The van der Waals surface area contributed by atoms with Crippen molar-refractivity contribution >= 4 is 69.4 Å². The summed E-state index contributed by atoms with van der Waals surface area (Å²) in [4.78, 5) is 8.29. The molecule has 1 aliphatic rings. The van der Waals surface area contributed by atoms with Gasteiger partial charge in [-0.2, -0.15) is 4.98 Å². The van der Waals surface area contributed by atoms with Crippen molar-refractivity contribution in [3.8, 4) is 0 Å². The Hall–Kier alpha value is -5.73. The van der Waals surface area contributed by atoms with Gasteiger partial charge in [0.2, 0.25) is 36.0 Å². The van der Waals surface area contributed by atoms with Gasteiger partial charge < -0.3 is 31.2 Å². The molecule has 672 valence electrons. The molecule has 0 radical (unpaired) electrons. The van der Waals surface area contributed by atoms with Crippen molar-refractivity contribution in [2.24, 2.45) is 12.2 Å². The minimum absolute atomic E-state index is 0.0464. The van der Waals surface area contributed by atoms with Crippen molar-refractivity contribution in [3.63, 3.8) is 0 Å². The zero-order valence-corrected chi connectivity index (χ0v) is 79.3. The van der Waals surface area contributed by atoms with Crippen LogP contribution in [0.2, 0.25) is 0 Å². The average Bonchev–Trinajstić information content (AvgIpc) is 1.83. The zero-order chi connectivity index (χ0) is 88.7. The number of nitrogens with one attached hydrogen (secondary N) is 2. The van der Waals surface area contributed by atoms with Crippen LogP contribution in [0.4, 0.5) is 0 Å². The van der Waals surface area contributed by atoms with E-state index in [-0.39, 0.29) is 40.4 Å². The first kappa shape index (κ1) is 107. The summed E-state index contributed by atoms with van der Waals surface area (Å²) in [5.41, 5.74) is 2.66. The number of aromatic nitrogens is 3. The Labute approximate surface area is 703 Å². The second kappa shape index (κ2) is 52.6. The number of sulfone groups is 4. The fourth-order valence-electron chi connectivity index (χ4n) is 11.2. The van der Waals surface area contributed by atoms with Gasteiger partial charge >= 0.3 is 0 Å². The number of hydrogen-bond acceptors (Lipinski definition) is 24. The largest absolute Gasteiger partial charge is 0.466 e. The third-order valence-corrected chi connectivity index (χ3v) is 25.0. The second-order valence-corrected chi connectivity index (χ2v) is 47.0. The Kier molecular flexibility index (Phi) is 48.2. The van der Waals surface area contributed by atoms with Crippen LogP contribution in [0.5, 0.6) is 0 Å². The molecule has 0 bridgehead atoms. The van der Waals surface area contributed by atoms with Gasteiger partial charge in [0.15, 0.2) is 15.7 Å². The molecule has 117 heavy (non-hydrogen) atoms. The third kappa shape index (κ3) is 52.3. The minimum atomic E-state index is -3.32. The fraction of sp³-hybridized carbons (Fsp3) is 0.683. The van der Waals surface area contributed by atoms with E-state index in [0.29, 0.717) is 119 Å². The molecule has 0 aromatic carbocycles. The standard InChI is InChI=1S/C13H24N2O2S.C12H19NO3S.2C12H21NO3S.C12H20O3S.C11H19NO3S.C10H18N2O3S/c1-11(2)13-9-8-12(15(13)3)7-5-6-10-14-18(4,16)17;1-10(2)12-4-3-11(16-12)9-13-5-7-17(14,15)8-6-13;1-10(2)12-6-5-11(16-12)9-13(3)7-8-17(4,14)15;1-10(2)12-8-7-11(16-12)6-4-5-9-13-17(3,14)15;1-10(2)12-8-7-11(15-12)6-4-5-9-16(3,13)14;1-9(2)11-7-6-10(15-11)5-3-4-8-16(12,13)14;1-8(2)10-11-9(15-12-10)6-4-5-7-16(3,13)14/h8-9,11,14H,5-7,10H2,1-4H3;3-4,10H,5-9H2,1-2H3;5-6,10H,7-9H2,1-4H3;7-8,10,13H,4-6,9H2,1-3H3;7-8,10H,4-6,9H2,1-3H3;6-7,9H,3-5,8H2,1-2H3,(H2,12,13,14);8H,4-7H2,1-3H3. The number of nitrogens with two attached hydrogens (primary N) is 1. The highest BCUT2D eigenvalue weighted by Crippen LogP contribution is 2.25. The Morgan fingerprint density at radius 3 is 1.15 bits per heavy atom. The molecule has 8 rings (SSSR count). The highest BCUT2D eigenvalue weighted by Gasteiger charge is 2.23. The van der Waals surface area contributed by atoms with E-state index in [1.54, 1.807) is 0 Å². The SMILES string of the molecule is CC(C)c1ccc(CCCCNS(C)(=O)=O)n1C.CC(C)c1ccc(CCCCNS(C)(=O)=O)o1.CC(C)c1ccc(CCCCS(C)(=O)=O)o1.CC(C)c1ccc(CCCCS(N)(=O)=O)o1.CC(C)c1ccc(CN(C)CCS(C)(=O)=O)o1.CC(C)c1ccc(CN2CCS(=O)(=O)CC2)o1.CC(C)c1noc(CCCCS(C)(=O)=O)n1. The molecule has 35 heteroatoms. The van der Waals surface area contributed by atoms with Crippen LogP contribution in [-0.2, 0) is 122 Å². The summed E-state index contributed by atoms with van der Waals surface area (Å²) in [6.45, 7) is 33.4. The lowest BCUT2D eigenvalue weighted by atomic mass is 10.1. The number of unbranched alkanes of at least 4 members (excludes halogenated alkanes) is 5. The zero-order valence-electron chi connectivity index (χ0n) is 73.6. The number of nitrogens with zero attached hydrogens (tertiary/aromatic N) is 5. The van der Waals surface area contributed by atoms with E-state index < -0.39 is 69.4 Å². The van der Waals surface area contributed by atoms with Crippen LogP contribution < -0.4 is 14.6 Å². The van der Waals surface area contributed by atoms with Crippen molar-refractivity contribution in [1.82, 2.24) is 34.0 Å². The predicted molar refractivity (Wildman–Crippen MR) is 470 cm³/mol. The Morgan fingerprint density at radius 1 is 0.436 bits per heavy atom. The van der Waals surface area contributed by atoms with Gasteiger partial charge in [0.05, 0.1) is 48.6 Å². The minimum Gasteiger partial charge on any atom is -0.466 e. The number of aryl methyl sites for hydroxylation is 5. The predicted octanol–water partition coefficient (Wildman–Crippen LogP) is 14.2. The number of hydrogen-bond donors (Lipinski definition) is 3. The quantitative estimate of drug-likeness (QED) is 0.0300. The van der Waals surface area contributed by atoms with Crippen molar-refractivity contribution in [3.05, 3.63) is 154 Å². The topological polar surface area (TPSA) is 405 Å². The molecular weight excluding hydrogens is 1640 g/mol. The first-order valence-electron chi connectivity index (χ1n) is 40.5. The molecule has 8 heterocycles. The summed E-state index contributed by atoms with van der Waals surface area (Å²) in [7, 11) is -16.8. The summed E-state index contributed by atoms with van der Waals surface area (Å²) < 4.78 is 194. The van der Waals surface area contributed by atoms with E-state index in [2.05, 4.69) is 131 Å². The van der Waals surface area contributed by atoms with Gasteiger partial charge in [-0.15, -0.1) is 0 Å². The van der Waals surface area contributed by atoms with E-state index in [1.807, 2.05) is 86.5 Å². The van der Waals surface area contributed by atoms with Crippen molar-refractivity contribution in [2.75, 3.05) is 106 Å². The molecule has 0 unspecified atom stereocenters. The molecule has 7 aromatic rings. The molecule has 0 amide bonds. The van der Waals surface area contributed by atoms with Crippen LogP contribution in [0, 0.1) is 0 Å². The molecule has 0 saturated carbocycles. The fourth-order valence-corrected chi connectivity index (χ4v) is 16.2. The highest BCUT2D eigenvalue weighted by atomic mass is 32.2. The van der Waals surface area contributed by atoms with Crippen molar-refractivity contribution in [1.29, 1.82) is 0 Å². The van der Waals surface area contributed by atoms with Gasteiger partial charge in [0.1, 0.15) is 87.1 Å². The maximum absolute atomic E-state index is 11.3. The summed E-state index contributed by atoms with van der Waals surface area (Å²) in [5.74, 6) is 14.9. The lowest BCUT2D eigenvalue weighted by Gasteiger charge is -2.25. The van der Waals surface area contributed by atoms with E-state index >= 15 is 0 Å². The lowest BCUT2D eigenvalue weighted by Crippen LogP contribution is -2.39. The smallest absolute Gasteiger partial charge is 0.226 e. The molecule has 1 aliphatic heterocycles. The van der Waals surface area contributed by atoms with E-state index in [1.165, 1.54) is 42.7 Å². The van der Waals surface area contributed by atoms with Crippen LogP contribution in [0.3, 0.4) is 0 Å². The van der Waals surface area contributed by atoms with Crippen molar-refractivity contribution in [2.45, 2.75) is 248 Å². The van der Waals surface area contributed by atoms with Gasteiger partial charge in [0.25, 0.3) is 0 Å². The van der Waals surface area contributed by atoms with Crippen LogP contribution in [0.1, 0.15) is 283 Å². The number of furan rings is 5. The van der Waals surface area contributed by atoms with E-state index in [4.69, 9.17) is 31.7 Å². The second-order valence-electron chi connectivity index (χ2n) is 32.5. The van der Waals surface area contributed by atoms with Crippen LogP contribution in [0.15, 0.2) is 99.4 Å². The number of sulfonamides is 3. The van der Waals surface area contributed by atoms with Crippen LogP contribution in [0.25, 0.3) is 0 Å². The van der Waals surface area contributed by atoms with Gasteiger partial charge in [0, 0.05) is 143 Å². The first-order valence-corrected chi connectivity index (χ1v) is 54.0. The molecule has 28 nitrogen and oxygen atoms in total. The molecule has 1 fully saturated rings. The van der Waals surface area contributed by atoms with Crippen molar-refractivity contribution < 1.29 is 85.5 Å². The summed E-state index contributed by atoms with van der Waals surface area (Å²) >= 11 is 0. The van der Waals surface area contributed by atoms with Crippen LogP contribution in [-0.4, -0.2) is 189 Å². The van der Waals surface area contributed by atoms with Gasteiger partial charge in [-0.25, -0.2) is 73.5 Å². The lowest BCUT2D eigenvalue weighted by molar-refractivity contribution is 0.258. The molecule has 4 N–H and O–H groups in total. The Bertz CT molecular complexity index is 4560. The molecule has 0 aliphatic carbocycles. The van der Waals surface area contributed by atoms with E-state index in [9.17, 15) is 58.9 Å². The molecule has 1 saturated heterocycles. The maximum atomic E-state index is 11.3. The monoisotopic (exact) mass is 1780 g/mol. The Balaban J connectivity index is 0.000000463. The third-order valence-electron chi connectivity index (χ3n) is 18.1. The molecule has 0 atom stereocenters. The number of rotatable bonds is 41. The summed E-state index contributed by atoms with van der Waals surface area (Å²) in [6.07, 6.45) is 18.2. The van der Waals surface area contributed by atoms with Gasteiger partial charge in [-0.3, -0.25) is 9.80 Å².